The van der Waals surface area contributed by atoms with Crippen LogP contribution >= 0.6 is 0 Å². The van der Waals surface area contributed by atoms with Gasteiger partial charge < -0.3 is 110 Å². The van der Waals surface area contributed by atoms with Gasteiger partial charge in [0.2, 0.25) is 18.9 Å². The maximum Gasteiger partial charge on any atom is 0.229 e. The molecule has 0 unspecified atom stereocenters. The SMILES string of the molecule is OC[C@H]1O[C@@H](Oc2ccc(/C=C/c3cc(O)c4c(c3)O[C@H](c3ccc(O[C@@H]5O[C@H](CO)[C@@H](O)[C@H](O)[C@H]5O)cc3O)[C@H]4c3cc(O)cc(O[C@@H]4O[C@H](CO)[C@@H](O)[C@H](O)[C@H]4O)c3)cc2)[C@H](O)[C@@H](O)[C@@H]1O. The molecule has 4 aliphatic heterocycles. The third-order valence-corrected chi connectivity index (χ3v) is 12.2. The Labute approximate surface area is 386 Å². The molecule has 4 aliphatic rings. The Morgan fingerprint density at radius 3 is 1.46 bits per heavy atom. The van der Waals surface area contributed by atoms with Crippen molar-refractivity contribution < 1.29 is 110 Å². The van der Waals surface area contributed by atoms with Crippen molar-refractivity contribution in [3.63, 3.8) is 0 Å². The fourth-order valence-electron chi connectivity index (χ4n) is 8.52. The summed E-state index contributed by atoms with van der Waals surface area (Å²) in [5, 5.41) is 156. The first-order valence-corrected chi connectivity index (χ1v) is 21.4. The zero-order valence-electron chi connectivity index (χ0n) is 35.6. The lowest BCUT2D eigenvalue weighted by Crippen LogP contribution is -2.60. The minimum absolute atomic E-state index is 0.0704. The number of fused-ring (bicyclic) bond motifs is 1. The number of phenols is 3. The molecule has 8 rings (SSSR count). The monoisotopic (exact) mass is 956 g/mol. The van der Waals surface area contributed by atoms with E-state index in [1.54, 1.807) is 42.5 Å². The van der Waals surface area contributed by atoms with Crippen molar-refractivity contribution in [2.24, 2.45) is 0 Å². The summed E-state index contributed by atoms with van der Waals surface area (Å²) in [6, 6.07) is 17.3. The highest BCUT2D eigenvalue weighted by molar-refractivity contribution is 5.73. The van der Waals surface area contributed by atoms with E-state index in [9.17, 15) is 76.6 Å². The highest BCUT2D eigenvalue weighted by Gasteiger charge is 2.48. The molecule has 0 spiro atoms. The van der Waals surface area contributed by atoms with E-state index in [1.807, 2.05) is 0 Å². The molecular weight excluding hydrogens is 904 g/mol. The van der Waals surface area contributed by atoms with Crippen LogP contribution in [0, 0.1) is 0 Å². The van der Waals surface area contributed by atoms with Crippen molar-refractivity contribution in [2.45, 2.75) is 104 Å². The molecule has 4 aromatic carbocycles. The first-order chi connectivity index (χ1) is 32.5. The maximum absolute atomic E-state index is 11.7. The number of ether oxygens (including phenoxy) is 7. The predicted octanol–water partition coefficient (Wildman–Crippen LogP) is -2.22. The van der Waals surface area contributed by atoms with E-state index in [2.05, 4.69) is 0 Å². The van der Waals surface area contributed by atoms with Gasteiger partial charge in [-0.3, -0.25) is 0 Å². The second-order valence-electron chi connectivity index (χ2n) is 16.8. The molecule has 0 amide bonds. The lowest BCUT2D eigenvalue weighted by Gasteiger charge is -2.39. The molecule has 0 aliphatic carbocycles. The number of phenolic OH excluding ortho intramolecular Hbond substituents is 3. The van der Waals surface area contributed by atoms with E-state index in [-0.39, 0.29) is 51.2 Å². The molecule has 4 aromatic rings. The molecule has 17 atom stereocenters. The maximum atomic E-state index is 11.7. The third kappa shape index (κ3) is 9.76. The second-order valence-corrected chi connectivity index (χ2v) is 16.8. The lowest BCUT2D eigenvalue weighted by molar-refractivity contribution is -0.277. The minimum atomic E-state index is -1.79. The van der Waals surface area contributed by atoms with Gasteiger partial charge >= 0.3 is 0 Å². The molecule has 368 valence electrons. The van der Waals surface area contributed by atoms with Gasteiger partial charge in [0, 0.05) is 23.3 Å². The van der Waals surface area contributed by atoms with Crippen molar-refractivity contribution in [1.29, 1.82) is 0 Å². The summed E-state index contributed by atoms with van der Waals surface area (Å²) in [7, 11) is 0. The van der Waals surface area contributed by atoms with Crippen LogP contribution in [0.15, 0.2) is 72.8 Å². The number of hydrogen-bond donors (Lipinski definition) is 15. The number of aromatic hydroxyl groups is 3. The largest absolute Gasteiger partial charge is 0.508 e. The summed E-state index contributed by atoms with van der Waals surface area (Å²) in [6.45, 7) is -2.05. The predicted molar refractivity (Wildman–Crippen MR) is 228 cm³/mol. The van der Waals surface area contributed by atoms with Crippen LogP contribution in [-0.2, 0) is 14.2 Å². The highest BCUT2D eigenvalue weighted by Crippen LogP contribution is 2.55. The van der Waals surface area contributed by atoms with Gasteiger partial charge in [-0.25, -0.2) is 0 Å². The Kier molecular flexibility index (Phi) is 14.6. The fraction of sp³-hybridized carbons (Fsp3) is 0.435. The quantitative estimate of drug-likeness (QED) is 0.0631. The number of benzene rings is 4. The number of aliphatic hydroxyl groups excluding tert-OH is 12. The zero-order valence-corrected chi connectivity index (χ0v) is 35.6. The topological polar surface area (TPSA) is 368 Å². The van der Waals surface area contributed by atoms with Gasteiger partial charge in [0.25, 0.3) is 0 Å². The summed E-state index contributed by atoms with van der Waals surface area (Å²) in [5.74, 6) is -1.92. The summed E-state index contributed by atoms with van der Waals surface area (Å²) in [4.78, 5) is 0. The van der Waals surface area contributed by atoms with Crippen LogP contribution in [0.1, 0.15) is 39.8 Å². The molecule has 3 saturated heterocycles. The van der Waals surface area contributed by atoms with Crippen LogP contribution in [0.2, 0.25) is 0 Å². The van der Waals surface area contributed by atoms with Gasteiger partial charge in [0.05, 0.1) is 25.7 Å². The van der Waals surface area contributed by atoms with Crippen LogP contribution in [0.25, 0.3) is 12.2 Å². The average Bonchev–Trinajstić information content (AvgIpc) is 3.71. The number of aliphatic hydroxyl groups is 12. The normalized spacial score (nSPS) is 34.9. The van der Waals surface area contributed by atoms with Crippen LogP contribution in [0.5, 0.6) is 40.2 Å². The van der Waals surface area contributed by atoms with E-state index in [1.165, 1.54) is 36.4 Å². The molecule has 15 N–H and O–H groups in total. The standard InChI is InChI=1S/C46H52O22/c47-15-29-34(53)37(56)40(59)44(66-29)62-22-5-3-18(4-6-22)1-2-19-9-27(52)33-28(10-19)65-43(25-8-7-23(14-26(25)51)63-45-41(60)38(57)35(54)30(16-48)67-45)32(33)20-11-21(50)13-24(12-20)64-46-42(61)39(58)36(55)31(17-49)68-46/h1-14,29-32,34-61H,15-17H2/b2-1+/t29-,30-,31-,32+,34-,35-,36-,37+,38+,39+,40-,41-,42-,43-,44-,45-,46-/m1/s1. The van der Waals surface area contributed by atoms with Crippen molar-refractivity contribution >= 4 is 12.2 Å². The molecule has 22 nitrogen and oxygen atoms in total. The molecular formula is C46H52O22. The van der Waals surface area contributed by atoms with Crippen molar-refractivity contribution in [3.05, 3.63) is 101 Å². The molecule has 0 aromatic heterocycles. The molecule has 4 heterocycles. The Balaban J connectivity index is 1.08. The van der Waals surface area contributed by atoms with Crippen molar-refractivity contribution in [3.8, 4) is 40.2 Å². The molecule has 0 saturated carbocycles. The van der Waals surface area contributed by atoms with Crippen molar-refractivity contribution in [2.75, 3.05) is 19.8 Å². The number of rotatable bonds is 13. The first kappa shape index (κ1) is 49.1. The lowest BCUT2D eigenvalue weighted by atomic mass is 9.84. The Morgan fingerprint density at radius 1 is 0.456 bits per heavy atom. The van der Waals surface area contributed by atoms with E-state index in [4.69, 9.17) is 33.2 Å². The third-order valence-electron chi connectivity index (χ3n) is 12.2. The smallest absolute Gasteiger partial charge is 0.229 e. The fourth-order valence-corrected chi connectivity index (χ4v) is 8.52. The summed E-state index contributed by atoms with van der Waals surface area (Å²) in [5.41, 5.74) is 1.64. The van der Waals surface area contributed by atoms with Gasteiger partial charge in [0.15, 0.2) is 0 Å². The van der Waals surface area contributed by atoms with E-state index < -0.39 is 130 Å². The van der Waals surface area contributed by atoms with Gasteiger partial charge in [-0.1, -0.05) is 24.3 Å². The van der Waals surface area contributed by atoms with Crippen LogP contribution < -0.4 is 18.9 Å². The van der Waals surface area contributed by atoms with E-state index in [0.717, 1.165) is 6.07 Å². The molecule has 0 radical (unpaired) electrons. The van der Waals surface area contributed by atoms with Gasteiger partial charge in [-0.2, -0.15) is 0 Å². The van der Waals surface area contributed by atoms with Crippen LogP contribution in [0.4, 0.5) is 0 Å². The molecule has 22 heteroatoms. The van der Waals surface area contributed by atoms with Crippen LogP contribution in [0.3, 0.4) is 0 Å². The van der Waals surface area contributed by atoms with Gasteiger partial charge in [-0.15, -0.1) is 0 Å². The minimum Gasteiger partial charge on any atom is -0.508 e. The van der Waals surface area contributed by atoms with Gasteiger partial charge in [0.1, 0.15) is 120 Å². The molecule has 68 heavy (non-hydrogen) atoms. The summed E-state index contributed by atoms with van der Waals surface area (Å²) in [6.07, 6.45) is -21.3. The Morgan fingerprint density at radius 2 is 0.941 bits per heavy atom. The summed E-state index contributed by atoms with van der Waals surface area (Å²) >= 11 is 0. The second kappa shape index (κ2) is 20.3. The van der Waals surface area contributed by atoms with Crippen LogP contribution in [-0.4, -0.2) is 189 Å². The molecule has 3 fully saturated rings. The first-order valence-electron chi connectivity index (χ1n) is 21.4. The highest BCUT2D eigenvalue weighted by atomic mass is 16.7. The average molecular weight is 957 g/mol. The molecule has 0 bridgehead atoms. The Bertz CT molecular complexity index is 2390. The van der Waals surface area contributed by atoms with E-state index in [0.29, 0.717) is 11.1 Å². The summed E-state index contributed by atoms with van der Waals surface area (Å²) < 4.78 is 40.1. The van der Waals surface area contributed by atoms with Gasteiger partial charge in [-0.05, 0) is 65.2 Å². The number of hydrogen-bond acceptors (Lipinski definition) is 22. The Hall–Kier alpha value is -5.38. The van der Waals surface area contributed by atoms with Crippen molar-refractivity contribution in [1.82, 2.24) is 0 Å². The van der Waals surface area contributed by atoms with E-state index >= 15 is 0 Å². The zero-order chi connectivity index (χ0) is 48.7.